The first-order chi connectivity index (χ1) is 12.9. The largest absolute Gasteiger partial charge is 0.449 e. The first-order valence-corrected chi connectivity index (χ1v) is 10.0. The summed E-state index contributed by atoms with van der Waals surface area (Å²) in [5.41, 5.74) is 0.836. The summed E-state index contributed by atoms with van der Waals surface area (Å²) in [5.74, 6) is -0.940. The van der Waals surface area contributed by atoms with E-state index in [4.69, 9.17) is 4.74 Å². The molecule has 2 aliphatic rings. The molecular weight excluding hydrogens is 370 g/mol. The predicted molar refractivity (Wildman–Crippen MR) is 100 cm³/mol. The number of nitrogens with zero attached hydrogens (tertiary/aromatic N) is 2. The van der Waals surface area contributed by atoms with E-state index in [1.165, 1.54) is 18.4 Å². The Labute approximate surface area is 157 Å². The molecule has 0 saturated carbocycles. The fourth-order valence-electron chi connectivity index (χ4n) is 2.59. The third kappa shape index (κ3) is 4.62. The van der Waals surface area contributed by atoms with Crippen LogP contribution < -0.4 is 5.32 Å². The second-order valence-electron chi connectivity index (χ2n) is 6.00. The van der Waals surface area contributed by atoms with Crippen molar-refractivity contribution >= 4 is 33.4 Å². The first-order valence-electron chi connectivity index (χ1n) is 8.44. The number of esters is 1. The number of fused-ring (bicyclic) bond motifs is 1. The van der Waals surface area contributed by atoms with Gasteiger partial charge in [0.2, 0.25) is 0 Å². The fraction of sp³-hybridized carbons (Fsp3) is 0.278. The molecule has 3 rings (SSSR count). The summed E-state index contributed by atoms with van der Waals surface area (Å²) in [6, 6.07) is 8.89. The summed E-state index contributed by atoms with van der Waals surface area (Å²) in [4.78, 5) is 26.3. The van der Waals surface area contributed by atoms with Gasteiger partial charge in [0, 0.05) is 18.4 Å². The average Bonchev–Trinajstić information content (AvgIpc) is 2.65. The normalized spacial score (nSPS) is 18.6. The molecule has 142 valence electrons. The van der Waals surface area contributed by atoms with E-state index >= 15 is 0 Å². The highest BCUT2D eigenvalue weighted by atomic mass is 32.2. The molecule has 0 fully saturated rings. The Bertz CT molecular complexity index is 935. The SMILES string of the molecule is CC[C@H](OC(=O)C1=CN2CCS(=O)(=O)N=C2C=C1)C(=O)Nc1ccccc1. The molecule has 2 heterocycles. The van der Waals surface area contributed by atoms with Gasteiger partial charge in [0.25, 0.3) is 15.9 Å². The molecule has 0 aromatic heterocycles. The zero-order valence-corrected chi connectivity index (χ0v) is 15.5. The van der Waals surface area contributed by atoms with Gasteiger partial charge in [-0.3, -0.25) is 4.79 Å². The fourth-order valence-corrected chi connectivity index (χ4v) is 3.55. The van der Waals surface area contributed by atoms with Crippen molar-refractivity contribution in [1.82, 2.24) is 4.90 Å². The Morgan fingerprint density at radius 3 is 2.70 bits per heavy atom. The highest BCUT2D eigenvalue weighted by molar-refractivity contribution is 7.90. The summed E-state index contributed by atoms with van der Waals surface area (Å²) < 4.78 is 32.0. The summed E-state index contributed by atoms with van der Waals surface area (Å²) in [7, 11) is -3.46. The summed E-state index contributed by atoms with van der Waals surface area (Å²) in [6.45, 7) is 1.95. The van der Waals surface area contributed by atoms with E-state index in [1.54, 1.807) is 36.1 Å². The number of sulfonamides is 1. The van der Waals surface area contributed by atoms with E-state index in [2.05, 4.69) is 9.71 Å². The van der Waals surface area contributed by atoms with Crippen molar-refractivity contribution in [3.05, 3.63) is 54.3 Å². The van der Waals surface area contributed by atoms with Gasteiger partial charge in [-0.05, 0) is 30.7 Å². The van der Waals surface area contributed by atoms with E-state index in [0.717, 1.165) is 0 Å². The van der Waals surface area contributed by atoms with Crippen molar-refractivity contribution in [2.45, 2.75) is 19.4 Å². The lowest BCUT2D eigenvalue weighted by Crippen LogP contribution is -2.38. The van der Waals surface area contributed by atoms with Crippen LogP contribution in [0.3, 0.4) is 0 Å². The van der Waals surface area contributed by atoms with Gasteiger partial charge in [0.1, 0.15) is 5.84 Å². The number of nitrogens with one attached hydrogen (secondary N) is 1. The number of ether oxygens (including phenoxy) is 1. The maximum Gasteiger partial charge on any atom is 0.340 e. The van der Waals surface area contributed by atoms with Crippen LogP contribution in [0.25, 0.3) is 0 Å². The van der Waals surface area contributed by atoms with E-state index in [-0.39, 0.29) is 23.7 Å². The van der Waals surface area contributed by atoms with Crippen molar-refractivity contribution in [1.29, 1.82) is 0 Å². The van der Waals surface area contributed by atoms with Crippen LogP contribution in [0.15, 0.2) is 58.7 Å². The Morgan fingerprint density at radius 2 is 2.00 bits per heavy atom. The molecule has 0 radical (unpaired) electrons. The second kappa shape index (κ2) is 7.75. The van der Waals surface area contributed by atoms with Crippen LogP contribution in [0.2, 0.25) is 0 Å². The van der Waals surface area contributed by atoms with Gasteiger partial charge in [-0.15, -0.1) is 4.40 Å². The number of anilines is 1. The molecule has 2 aliphatic heterocycles. The molecule has 0 saturated heterocycles. The molecule has 1 amide bonds. The average molecular weight is 389 g/mol. The lowest BCUT2D eigenvalue weighted by atomic mass is 10.2. The van der Waals surface area contributed by atoms with Crippen molar-refractivity contribution in [2.24, 2.45) is 4.40 Å². The molecule has 9 heteroatoms. The molecule has 1 atom stereocenters. The second-order valence-corrected chi connectivity index (χ2v) is 7.76. The molecule has 0 spiro atoms. The van der Waals surface area contributed by atoms with Gasteiger partial charge < -0.3 is 15.0 Å². The van der Waals surface area contributed by atoms with E-state index < -0.39 is 28.0 Å². The lowest BCUT2D eigenvalue weighted by molar-refractivity contribution is -0.150. The third-order valence-electron chi connectivity index (χ3n) is 4.01. The van der Waals surface area contributed by atoms with Crippen LogP contribution >= 0.6 is 0 Å². The number of benzene rings is 1. The number of para-hydroxylation sites is 1. The Hall–Kier alpha value is -2.94. The Morgan fingerprint density at radius 1 is 1.26 bits per heavy atom. The van der Waals surface area contributed by atoms with Crippen LogP contribution in [0, 0.1) is 0 Å². The summed E-state index contributed by atoms with van der Waals surface area (Å²) in [6.07, 6.45) is 3.73. The highest BCUT2D eigenvalue weighted by Gasteiger charge is 2.27. The molecule has 0 bridgehead atoms. The molecule has 0 unspecified atom stereocenters. The van der Waals surface area contributed by atoms with Gasteiger partial charge in [-0.2, -0.15) is 0 Å². The van der Waals surface area contributed by atoms with Crippen molar-refractivity contribution < 1.29 is 22.7 Å². The van der Waals surface area contributed by atoms with Gasteiger partial charge in [0.05, 0.1) is 11.3 Å². The highest BCUT2D eigenvalue weighted by Crippen LogP contribution is 2.18. The van der Waals surface area contributed by atoms with E-state index in [9.17, 15) is 18.0 Å². The number of rotatable bonds is 5. The zero-order valence-electron chi connectivity index (χ0n) is 14.7. The van der Waals surface area contributed by atoms with Gasteiger partial charge in [0.15, 0.2) is 6.10 Å². The monoisotopic (exact) mass is 389 g/mol. The number of carbonyl (C=O) groups excluding carboxylic acids is 2. The predicted octanol–water partition coefficient (Wildman–Crippen LogP) is 1.44. The quantitative estimate of drug-likeness (QED) is 0.764. The first kappa shape index (κ1) is 18.8. The van der Waals surface area contributed by atoms with Gasteiger partial charge in [-0.25, -0.2) is 13.2 Å². The number of amidine groups is 1. The minimum absolute atomic E-state index is 0.125. The van der Waals surface area contributed by atoms with Crippen LogP contribution in [0.1, 0.15) is 13.3 Å². The summed E-state index contributed by atoms with van der Waals surface area (Å²) in [5, 5.41) is 2.71. The minimum Gasteiger partial charge on any atom is -0.449 e. The number of hydrogen-bond donors (Lipinski definition) is 1. The topological polar surface area (TPSA) is 105 Å². The third-order valence-corrected chi connectivity index (χ3v) is 5.18. The Balaban J connectivity index is 1.66. The lowest BCUT2D eigenvalue weighted by Gasteiger charge is -2.27. The molecular formula is C18H19N3O5S. The number of carbonyl (C=O) groups is 2. The number of amides is 1. The molecule has 1 aromatic carbocycles. The zero-order chi connectivity index (χ0) is 19.4. The molecule has 27 heavy (non-hydrogen) atoms. The van der Waals surface area contributed by atoms with Crippen LogP contribution in [0.5, 0.6) is 0 Å². The van der Waals surface area contributed by atoms with Crippen LogP contribution in [-0.2, 0) is 24.3 Å². The molecule has 0 aliphatic carbocycles. The smallest absolute Gasteiger partial charge is 0.340 e. The molecule has 1 N–H and O–H groups in total. The molecule has 1 aromatic rings. The molecule has 8 nitrogen and oxygen atoms in total. The summed E-state index contributed by atoms with van der Waals surface area (Å²) >= 11 is 0. The van der Waals surface area contributed by atoms with Crippen molar-refractivity contribution in [3.63, 3.8) is 0 Å². The number of hydrogen-bond acceptors (Lipinski definition) is 6. The van der Waals surface area contributed by atoms with Crippen molar-refractivity contribution in [2.75, 3.05) is 17.6 Å². The maximum atomic E-state index is 12.4. The maximum absolute atomic E-state index is 12.4. The Kier molecular flexibility index (Phi) is 5.41. The van der Waals surface area contributed by atoms with E-state index in [0.29, 0.717) is 12.1 Å². The minimum atomic E-state index is -3.46. The standard InChI is InChI=1S/C18H19N3O5S/c1-2-15(17(22)19-14-6-4-3-5-7-14)26-18(23)13-8-9-16-20-27(24,25)11-10-21(16)12-13/h3-9,12,15H,2,10-11H2,1H3,(H,19,22)/t15-/m0/s1. The van der Waals surface area contributed by atoms with Gasteiger partial charge in [-0.1, -0.05) is 25.1 Å². The van der Waals surface area contributed by atoms with Crippen LogP contribution in [-0.4, -0.2) is 49.4 Å². The van der Waals surface area contributed by atoms with Crippen LogP contribution in [0.4, 0.5) is 5.69 Å². The van der Waals surface area contributed by atoms with E-state index in [1.807, 2.05) is 6.07 Å². The van der Waals surface area contributed by atoms with Gasteiger partial charge >= 0.3 is 5.97 Å². The van der Waals surface area contributed by atoms with Crippen molar-refractivity contribution in [3.8, 4) is 0 Å².